The fraction of sp³-hybridized carbons (Fsp3) is 0.286. The van der Waals surface area contributed by atoms with Gasteiger partial charge in [-0.05, 0) is 18.5 Å². The van der Waals surface area contributed by atoms with Crippen LogP contribution in [0.25, 0.3) is 0 Å². The first-order valence-corrected chi connectivity index (χ1v) is 3.98. The van der Waals surface area contributed by atoms with Gasteiger partial charge >= 0.3 is 0 Å². The summed E-state index contributed by atoms with van der Waals surface area (Å²) in [6.07, 6.45) is 1.24. The van der Waals surface area contributed by atoms with E-state index in [9.17, 15) is 4.79 Å². The fourth-order valence-corrected chi connectivity index (χ4v) is 0.890. The lowest BCUT2D eigenvalue weighted by Crippen LogP contribution is -2.05. The van der Waals surface area contributed by atoms with Gasteiger partial charge < -0.3 is 10.5 Å². The number of nitrogen functional groups attached to an aromatic ring is 1. The molecule has 0 aliphatic heterocycles. The van der Waals surface area contributed by atoms with E-state index in [-0.39, 0.29) is 29.8 Å². The first-order valence-electron chi connectivity index (χ1n) is 3.60. The van der Waals surface area contributed by atoms with E-state index in [2.05, 4.69) is 9.97 Å². The summed E-state index contributed by atoms with van der Waals surface area (Å²) in [5.74, 6) is 0.167. The van der Waals surface area contributed by atoms with Crippen LogP contribution in [0.3, 0.4) is 0 Å². The molecule has 0 spiro atoms. The maximum Gasteiger partial charge on any atom is 0.259 e. The van der Waals surface area contributed by atoms with Crippen LogP contribution in [0, 0.1) is 0 Å². The van der Waals surface area contributed by atoms with Crippen molar-refractivity contribution in [3.63, 3.8) is 0 Å². The van der Waals surface area contributed by atoms with E-state index < -0.39 is 5.24 Å². The number of aromatic nitrogens is 2. The summed E-state index contributed by atoms with van der Waals surface area (Å²) < 4.78 is 5.04. The topological polar surface area (TPSA) is 78.1 Å². The molecule has 7 heteroatoms. The lowest BCUT2D eigenvalue weighted by atomic mass is 10.3. The van der Waals surface area contributed by atoms with Crippen LogP contribution in [-0.4, -0.2) is 21.8 Å². The Labute approximate surface area is 92.0 Å². The molecule has 78 valence electrons. The number of nitrogens with two attached hydrogens (primary N) is 1. The summed E-state index contributed by atoms with van der Waals surface area (Å²) in [4.78, 5) is 18.2. The second-order valence-corrected chi connectivity index (χ2v) is 2.50. The van der Waals surface area contributed by atoms with E-state index in [0.29, 0.717) is 6.61 Å². The summed E-state index contributed by atoms with van der Waals surface area (Å²) >= 11 is 5.26. The molecule has 0 radical (unpaired) electrons. The number of rotatable bonds is 3. The molecule has 0 amide bonds. The summed E-state index contributed by atoms with van der Waals surface area (Å²) in [5, 5.41) is -0.663. The van der Waals surface area contributed by atoms with Crippen LogP contribution in [0.2, 0.25) is 0 Å². The van der Waals surface area contributed by atoms with Gasteiger partial charge in [0.05, 0.1) is 6.61 Å². The molecule has 1 aromatic heterocycles. The van der Waals surface area contributed by atoms with E-state index in [4.69, 9.17) is 22.1 Å². The number of ether oxygens (including phenoxy) is 1. The van der Waals surface area contributed by atoms with Crippen LogP contribution in [0.4, 0.5) is 5.95 Å². The highest BCUT2D eigenvalue weighted by atomic mass is 35.5. The number of carbonyl (C=O) groups is 1. The Balaban J connectivity index is 0.00000169. The summed E-state index contributed by atoms with van der Waals surface area (Å²) in [5.41, 5.74) is 5.42. The Morgan fingerprint density at radius 3 is 2.86 bits per heavy atom. The summed E-state index contributed by atoms with van der Waals surface area (Å²) in [6.45, 7) is 2.15. The van der Waals surface area contributed by atoms with Gasteiger partial charge in [-0.15, -0.1) is 12.4 Å². The average Bonchev–Trinajstić information content (AvgIpc) is 2.04. The van der Waals surface area contributed by atoms with Crippen molar-refractivity contribution in [2.24, 2.45) is 0 Å². The summed E-state index contributed by atoms with van der Waals surface area (Å²) in [6, 6.07) is 0. The van der Waals surface area contributed by atoms with E-state index in [1.54, 1.807) is 6.92 Å². The molecular formula is C7H9Cl2N3O2. The lowest BCUT2D eigenvalue weighted by molar-refractivity contribution is 0.107. The molecule has 0 saturated heterocycles. The van der Waals surface area contributed by atoms with Gasteiger partial charge in [-0.25, -0.2) is 4.98 Å². The minimum atomic E-state index is -0.663. The predicted octanol–water partition coefficient (Wildman–Crippen LogP) is 1.26. The van der Waals surface area contributed by atoms with Gasteiger partial charge in [-0.1, -0.05) is 0 Å². The van der Waals surface area contributed by atoms with Gasteiger partial charge in [-0.2, -0.15) is 4.98 Å². The van der Waals surface area contributed by atoms with Gasteiger partial charge in [0.25, 0.3) is 5.24 Å². The minimum Gasteiger partial charge on any atom is -0.477 e. The SMILES string of the molecule is CCOc1nc(N)ncc1C(=O)Cl.Cl. The van der Waals surface area contributed by atoms with Crippen LogP contribution in [0.5, 0.6) is 5.88 Å². The molecule has 0 fully saturated rings. The molecule has 0 unspecified atom stereocenters. The van der Waals surface area contributed by atoms with Crippen molar-refractivity contribution < 1.29 is 9.53 Å². The van der Waals surface area contributed by atoms with E-state index in [0.717, 1.165) is 0 Å². The van der Waals surface area contributed by atoms with Gasteiger partial charge in [0.15, 0.2) is 0 Å². The van der Waals surface area contributed by atoms with Crippen LogP contribution in [0.1, 0.15) is 17.3 Å². The number of anilines is 1. The third-order valence-electron chi connectivity index (χ3n) is 1.27. The Morgan fingerprint density at radius 1 is 1.71 bits per heavy atom. The standard InChI is InChI=1S/C7H8ClN3O2.ClH/c1-2-13-6-4(5(8)12)3-10-7(9)11-6;/h3H,2H2,1H3,(H2,9,10,11);1H. The molecule has 5 nitrogen and oxygen atoms in total. The van der Waals surface area contributed by atoms with E-state index in [1.807, 2.05) is 0 Å². The van der Waals surface area contributed by atoms with E-state index in [1.165, 1.54) is 6.20 Å². The molecule has 0 aliphatic rings. The number of hydrogen-bond donors (Lipinski definition) is 1. The Hall–Kier alpha value is -1.07. The highest BCUT2D eigenvalue weighted by Crippen LogP contribution is 2.17. The monoisotopic (exact) mass is 237 g/mol. The minimum absolute atomic E-state index is 0. The zero-order valence-corrected chi connectivity index (χ0v) is 8.93. The fourth-order valence-electron chi connectivity index (χ4n) is 0.761. The summed E-state index contributed by atoms with van der Waals surface area (Å²) in [7, 11) is 0. The van der Waals surface area contributed by atoms with Crippen molar-refractivity contribution in [3.8, 4) is 5.88 Å². The third kappa shape index (κ3) is 3.01. The maximum absolute atomic E-state index is 10.8. The maximum atomic E-state index is 10.8. The number of nitrogens with zero attached hydrogens (tertiary/aromatic N) is 2. The number of hydrogen-bond acceptors (Lipinski definition) is 5. The first-order chi connectivity index (χ1) is 6.15. The molecule has 1 rings (SSSR count). The van der Waals surface area contributed by atoms with Gasteiger partial charge in [0.1, 0.15) is 5.56 Å². The smallest absolute Gasteiger partial charge is 0.259 e. The van der Waals surface area contributed by atoms with Crippen molar-refractivity contribution >= 4 is 35.2 Å². The molecule has 0 saturated carbocycles. The van der Waals surface area contributed by atoms with Crippen LogP contribution >= 0.6 is 24.0 Å². The molecule has 2 N–H and O–H groups in total. The third-order valence-corrected chi connectivity index (χ3v) is 1.47. The molecule has 1 aromatic rings. The quantitative estimate of drug-likeness (QED) is 0.802. The highest BCUT2D eigenvalue weighted by Gasteiger charge is 2.12. The Bertz CT molecular complexity index is 333. The van der Waals surface area contributed by atoms with Gasteiger partial charge in [0.2, 0.25) is 11.8 Å². The average molecular weight is 238 g/mol. The first kappa shape index (κ1) is 12.9. The van der Waals surface area contributed by atoms with Crippen LogP contribution in [0.15, 0.2) is 6.20 Å². The van der Waals surface area contributed by atoms with Gasteiger partial charge in [0, 0.05) is 6.20 Å². The highest BCUT2D eigenvalue weighted by molar-refractivity contribution is 6.68. The Kier molecular flexibility index (Phi) is 5.19. The van der Waals surface area contributed by atoms with Crippen molar-refractivity contribution in [3.05, 3.63) is 11.8 Å². The molecule has 0 aromatic carbocycles. The van der Waals surface area contributed by atoms with Crippen molar-refractivity contribution in [2.75, 3.05) is 12.3 Å². The largest absolute Gasteiger partial charge is 0.477 e. The molecule has 14 heavy (non-hydrogen) atoms. The zero-order valence-electron chi connectivity index (χ0n) is 7.36. The van der Waals surface area contributed by atoms with Crippen molar-refractivity contribution in [1.29, 1.82) is 0 Å². The number of halogens is 2. The second-order valence-electron chi connectivity index (χ2n) is 2.15. The molecular weight excluding hydrogens is 229 g/mol. The molecule has 0 bridgehead atoms. The zero-order chi connectivity index (χ0) is 9.84. The normalized spacial score (nSPS) is 9.00. The van der Waals surface area contributed by atoms with Crippen molar-refractivity contribution in [1.82, 2.24) is 9.97 Å². The predicted molar refractivity (Wildman–Crippen MR) is 55.0 cm³/mol. The van der Waals surface area contributed by atoms with Crippen molar-refractivity contribution in [2.45, 2.75) is 6.92 Å². The molecule has 1 heterocycles. The lowest BCUT2D eigenvalue weighted by Gasteiger charge is -2.04. The van der Waals surface area contributed by atoms with Crippen LogP contribution in [-0.2, 0) is 0 Å². The van der Waals surface area contributed by atoms with E-state index >= 15 is 0 Å². The molecule has 0 aliphatic carbocycles. The van der Waals surface area contributed by atoms with Crippen LogP contribution < -0.4 is 10.5 Å². The van der Waals surface area contributed by atoms with Gasteiger partial charge in [-0.3, -0.25) is 4.79 Å². The Morgan fingerprint density at radius 2 is 2.36 bits per heavy atom. The molecule has 0 atom stereocenters. The number of carbonyl (C=O) groups excluding carboxylic acids is 1. The second kappa shape index (κ2) is 5.62.